The van der Waals surface area contributed by atoms with Gasteiger partial charge in [-0.05, 0) is 36.4 Å². The molecule has 0 radical (unpaired) electrons. The Morgan fingerprint density at radius 3 is 3.00 bits per heavy atom. The second kappa shape index (κ2) is 5.24. The van der Waals surface area contributed by atoms with Gasteiger partial charge in [-0.15, -0.1) is 11.3 Å². The number of pyridine rings is 1. The van der Waals surface area contributed by atoms with Crippen molar-refractivity contribution in [2.24, 2.45) is 0 Å². The van der Waals surface area contributed by atoms with Gasteiger partial charge in [-0.25, -0.2) is 13.4 Å². The van der Waals surface area contributed by atoms with Crippen LogP contribution in [0.3, 0.4) is 0 Å². The molecule has 1 aliphatic heterocycles. The first-order chi connectivity index (χ1) is 9.91. The Morgan fingerprint density at radius 1 is 1.52 bits per heavy atom. The number of rotatable bonds is 2. The molecule has 8 heteroatoms. The molecule has 1 aliphatic rings. The third-order valence-corrected chi connectivity index (χ3v) is 6.91. The molecule has 2 aromatic heterocycles. The van der Waals surface area contributed by atoms with Crippen LogP contribution in [0, 0.1) is 0 Å². The minimum absolute atomic E-state index is 0.0761. The first kappa shape index (κ1) is 14.8. The van der Waals surface area contributed by atoms with Crippen LogP contribution in [0.2, 0.25) is 5.02 Å². The summed E-state index contributed by atoms with van der Waals surface area (Å²) in [6.07, 6.45) is 1.99. The van der Waals surface area contributed by atoms with Gasteiger partial charge in [-0.2, -0.15) is 4.31 Å². The largest absolute Gasteiger partial charge is 0.382 e. The Hall–Kier alpha value is -1.15. The molecule has 3 rings (SSSR count). The zero-order valence-electron chi connectivity index (χ0n) is 11.3. The molecule has 0 saturated carbocycles. The van der Waals surface area contributed by atoms with E-state index in [-0.39, 0.29) is 21.8 Å². The van der Waals surface area contributed by atoms with Crippen molar-refractivity contribution in [2.75, 3.05) is 12.3 Å². The van der Waals surface area contributed by atoms with Crippen molar-refractivity contribution >= 4 is 38.8 Å². The number of aromatic nitrogens is 1. The Morgan fingerprint density at radius 2 is 2.29 bits per heavy atom. The molecule has 2 aromatic rings. The number of halogens is 1. The lowest BCUT2D eigenvalue weighted by Crippen LogP contribution is -2.38. The van der Waals surface area contributed by atoms with E-state index in [1.165, 1.54) is 21.4 Å². The van der Waals surface area contributed by atoms with Gasteiger partial charge in [0.05, 0.1) is 5.02 Å². The van der Waals surface area contributed by atoms with Crippen molar-refractivity contribution in [1.82, 2.24) is 9.29 Å². The van der Waals surface area contributed by atoms with Crippen molar-refractivity contribution in [3.63, 3.8) is 0 Å². The Bertz CT molecular complexity index is 788. The van der Waals surface area contributed by atoms with E-state index in [0.717, 1.165) is 12.0 Å². The van der Waals surface area contributed by atoms with Crippen molar-refractivity contribution in [1.29, 1.82) is 0 Å². The molecule has 112 valence electrons. The van der Waals surface area contributed by atoms with E-state index < -0.39 is 10.0 Å². The second-order valence-corrected chi connectivity index (χ2v) is 8.18. The summed E-state index contributed by atoms with van der Waals surface area (Å²) < 4.78 is 27.1. The molecular formula is C13H14ClN3O2S2. The van der Waals surface area contributed by atoms with Crippen LogP contribution < -0.4 is 5.73 Å². The highest BCUT2D eigenvalue weighted by atomic mass is 35.5. The van der Waals surface area contributed by atoms with Crippen LogP contribution in [0.25, 0.3) is 0 Å². The zero-order chi connectivity index (χ0) is 15.2. The lowest BCUT2D eigenvalue weighted by Gasteiger charge is -2.32. The fourth-order valence-electron chi connectivity index (χ4n) is 2.52. The lowest BCUT2D eigenvalue weighted by atomic mass is 10.0. The Balaban J connectivity index is 2.01. The summed E-state index contributed by atoms with van der Waals surface area (Å²) in [6.45, 7) is 2.35. The maximum absolute atomic E-state index is 12.8. The van der Waals surface area contributed by atoms with Crippen LogP contribution >= 0.6 is 22.9 Å². The maximum atomic E-state index is 12.8. The van der Waals surface area contributed by atoms with E-state index >= 15 is 0 Å². The predicted octanol–water partition coefficient (Wildman–Crippen LogP) is 2.69. The van der Waals surface area contributed by atoms with Crippen LogP contribution in [0.5, 0.6) is 0 Å². The average Bonchev–Trinajstić information content (AvgIpc) is 2.91. The number of nitrogens with zero attached hydrogens (tertiary/aromatic N) is 2. The molecule has 3 heterocycles. The van der Waals surface area contributed by atoms with Gasteiger partial charge in [0.2, 0.25) is 10.0 Å². The van der Waals surface area contributed by atoms with Gasteiger partial charge >= 0.3 is 0 Å². The van der Waals surface area contributed by atoms with Gasteiger partial charge in [-0.3, -0.25) is 0 Å². The van der Waals surface area contributed by atoms with Crippen molar-refractivity contribution in [3.8, 4) is 0 Å². The first-order valence-electron chi connectivity index (χ1n) is 6.40. The molecule has 5 nitrogen and oxygen atoms in total. The smallest absolute Gasteiger partial charge is 0.245 e. The van der Waals surface area contributed by atoms with Gasteiger partial charge in [0.25, 0.3) is 0 Å². The van der Waals surface area contributed by atoms with Crippen molar-refractivity contribution in [2.45, 2.75) is 24.3 Å². The number of nitrogen functional groups attached to an aromatic ring is 1. The van der Waals surface area contributed by atoms with Gasteiger partial charge in [0, 0.05) is 23.7 Å². The number of hydrogen-bond donors (Lipinski definition) is 1. The minimum atomic E-state index is -3.64. The molecule has 0 spiro atoms. The predicted molar refractivity (Wildman–Crippen MR) is 84.0 cm³/mol. The lowest BCUT2D eigenvalue weighted by molar-refractivity contribution is 0.329. The average molecular weight is 344 g/mol. The van der Waals surface area contributed by atoms with Crippen molar-refractivity contribution in [3.05, 3.63) is 39.2 Å². The third-order valence-electron chi connectivity index (χ3n) is 3.67. The van der Waals surface area contributed by atoms with Crippen LogP contribution in [0.4, 0.5) is 5.82 Å². The number of nitrogens with two attached hydrogens (primary N) is 1. The van der Waals surface area contributed by atoms with Crippen LogP contribution in [0.1, 0.15) is 23.4 Å². The standard InChI is InChI=1S/C13H14ClN3O2S2/c1-8-10-3-5-20-12(10)2-4-17(8)21(18,19)9-6-11(14)13(15)16-7-9/h3,5-8H,2,4H2,1H3,(H2,15,16). The number of hydrogen-bond acceptors (Lipinski definition) is 5. The van der Waals surface area contributed by atoms with Gasteiger partial charge in [0.15, 0.2) is 0 Å². The monoisotopic (exact) mass is 343 g/mol. The molecule has 0 bridgehead atoms. The van der Waals surface area contributed by atoms with Gasteiger partial charge < -0.3 is 5.73 Å². The fraction of sp³-hybridized carbons (Fsp3) is 0.308. The first-order valence-corrected chi connectivity index (χ1v) is 9.10. The number of anilines is 1. The maximum Gasteiger partial charge on any atom is 0.245 e. The van der Waals surface area contributed by atoms with Crippen molar-refractivity contribution < 1.29 is 8.42 Å². The molecule has 1 atom stereocenters. The molecule has 21 heavy (non-hydrogen) atoms. The molecule has 0 fully saturated rings. The quantitative estimate of drug-likeness (QED) is 0.909. The molecule has 1 unspecified atom stereocenters. The van der Waals surface area contributed by atoms with E-state index in [1.807, 2.05) is 18.4 Å². The normalized spacial score (nSPS) is 19.4. The third kappa shape index (κ3) is 2.44. The fourth-order valence-corrected chi connectivity index (χ4v) is 5.30. The summed E-state index contributed by atoms with van der Waals surface area (Å²) >= 11 is 7.56. The number of thiophene rings is 1. The molecular weight excluding hydrogens is 330 g/mol. The molecule has 0 saturated heterocycles. The van der Waals surface area contributed by atoms with E-state index in [1.54, 1.807) is 11.3 Å². The molecule has 2 N–H and O–H groups in total. The summed E-state index contributed by atoms with van der Waals surface area (Å²) in [7, 11) is -3.64. The summed E-state index contributed by atoms with van der Waals surface area (Å²) in [4.78, 5) is 5.17. The van der Waals surface area contributed by atoms with E-state index in [9.17, 15) is 8.42 Å². The van der Waals surface area contributed by atoms with Crippen LogP contribution in [-0.2, 0) is 16.4 Å². The summed E-state index contributed by atoms with van der Waals surface area (Å²) in [5.74, 6) is 0.127. The van der Waals surface area contributed by atoms with Gasteiger partial charge in [-0.1, -0.05) is 11.6 Å². The molecule has 0 amide bonds. The summed E-state index contributed by atoms with van der Waals surface area (Å²) in [5, 5.41) is 2.15. The van der Waals surface area contributed by atoms with E-state index in [2.05, 4.69) is 4.98 Å². The number of fused-ring (bicyclic) bond motifs is 1. The molecule has 0 aromatic carbocycles. The van der Waals surface area contributed by atoms with E-state index in [4.69, 9.17) is 17.3 Å². The molecule has 0 aliphatic carbocycles. The van der Waals surface area contributed by atoms with Crippen LogP contribution in [0.15, 0.2) is 28.6 Å². The highest BCUT2D eigenvalue weighted by Crippen LogP contribution is 2.36. The zero-order valence-corrected chi connectivity index (χ0v) is 13.7. The van der Waals surface area contributed by atoms with E-state index in [0.29, 0.717) is 6.54 Å². The Kier molecular flexibility index (Phi) is 3.69. The second-order valence-electron chi connectivity index (χ2n) is 4.88. The SMILES string of the molecule is CC1c2ccsc2CCN1S(=O)(=O)c1cnc(N)c(Cl)c1. The summed E-state index contributed by atoms with van der Waals surface area (Å²) in [6, 6.07) is 3.15. The number of sulfonamides is 1. The summed E-state index contributed by atoms with van der Waals surface area (Å²) in [5.41, 5.74) is 6.61. The topological polar surface area (TPSA) is 76.3 Å². The highest BCUT2D eigenvalue weighted by Gasteiger charge is 2.34. The van der Waals surface area contributed by atoms with Gasteiger partial charge in [0.1, 0.15) is 10.7 Å². The highest BCUT2D eigenvalue weighted by molar-refractivity contribution is 7.89. The minimum Gasteiger partial charge on any atom is -0.382 e. The Labute approximate surface area is 132 Å². The van der Waals surface area contributed by atoms with Crippen LogP contribution in [-0.4, -0.2) is 24.3 Å².